The number of carbonyl (C=O) groups is 2. The van der Waals surface area contributed by atoms with Gasteiger partial charge in [-0.05, 0) is 37.7 Å². The van der Waals surface area contributed by atoms with Crippen LogP contribution in [0.1, 0.15) is 45.4 Å². The van der Waals surface area contributed by atoms with Crippen LogP contribution in [0.4, 0.5) is 0 Å². The number of hydrogen-bond donors (Lipinski definition) is 2. The van der Waals surface area contributed by atoms with Crippen molar-refractivity contribution in [2.45, 2.75) is 51.5 Å². The van der Waals surface area contributed by atoms with Crippen molar-refractivity contribution < 1.29 is 14.7 Å². The first-order valence-electron chi connectivity index (χ1n) is 6.58. The summed E-state index contributed by atoms with van der Waals surface area (Å²) < 4.78 is 0. The van der Waals surface area contributed by atoms with E-state index in [1.165, 1.54) is 0 Å². The van der Waals surface area contributed by atoms with E-state index >= 15 is 0 Å². The molecule has 0 aromatic heterocycles. The lowest BCUT2D eigenvalue weighted by Crippen LogP contribution is -2.47. The number of nitrogens with one attached hydrogen (secondary N) is 1. The van der Waals surface area contributed by atoms with Crippen LogP contribution in [-0.4, -0.2) is 35.0 Å². The number of rotatable bonds is 7. The number of hydrogen-bond acceptors (Lipinski definition) is 3. The highest BCUT2D eigenvalue weighted by Gasteiger charge is 2.40. The molecular formula is C13H23NO3S. The molecule has 4 nitrogen and oxygen atoms in total. The molecule has 104 valence electrons. The van der Waals surface area contributed by atoms with Gasteiger partial charge in [0.2, 0.25) is 5.91 Å². The summed E-state index contributed by atoms with van der Waals surface area (Å²) >= 11 is 1.60. The summed E-state index contributed by atoms with van der Waals surface area (Å²) in [6, 6.07) is -0.742. The van der Waals surface area contributed by atoms with Crippen molar-refractivity contribution in [3.05, 3.63) is 0 Å². The fraction of sp³-hybridized carbons (Fsp3) is 0.846. The van der Waals surface area contributed by atoms with Gasteiger partial charge < -0.3 is 10.4 Å². The molecule has 0 heterocycles. The number of carboxylic acids is 1. The summed E-state index contributed by atoms with van der Waals surface area (Å²) in [5, 5.41) is 11.9. The highest BCUT2D eigenvalue weighted by molar-refractivity contribution is 7.98. The first-order chi connectivity index (χ1) is 8.55. The third-order valence-corrected chi connectivity index (χ3v) is 4.58. The van der Waals surface area contributed by atoms with Crippen molar-refractivity contribution in [2.24, 2.45) is 5.41 Å². The summed E-state index contributed by atoms with van der Waals surface area (Å²) in [5.41, 5.74) is -0.312. The molecule has 0 aliphatic heterocycles. The summed E-state index contributed by atoms with van der Waals surface area (Å²) in [6.07, 6.45) is 7.16. The molecule has 0 aromatic rings. The Labute approximate surface area is 113 Å². The largest absolute Gasteiger partial charge is 0.480 e. The average molecular weight is 273 g/mol. The number of carbonyl (C=O) groups excluding carboxylic acids is 1. The van der Waals surface area contributed by atoms with Crippen LogP contribution in [0, 0.1) is 5.41 Å². The van der Waals surface area contributed by atoms with E-state index in [9.17, 15) is 9.59 Å². The highest BCUT2D eigenvalue weighted by atomic mass is 32.2. The fourth-order valence-corrected chi connectivity index (χ4v) is 3.07. The van der Waals surface area contributed by atoms with Gasteiger partial charge in [-0.25, -0.2) is 4.79 Å². The third-order valence-electron chi connectivity index (χ3n) is 3.93. The van der Waals surface area contributed by atoms with Crippen LogP contribution >= 0.6 is 11.8 Å². The van der Waals surface area contributed by atoms with E-state index < -0.39 is 12.0 Å². The molecular weight excluding hydrogens is 250 g/mol. The molecule has 1 rings (SSSR count). The van der Waals surface area contributed by atoms with Crippen molar-refractivity contribution in [3.63, 3.8) is 0 Å². The zero-order chi connectivity index (χ0) is 13.6. The lowest BCUT2D eigenvalue weighted by molar-refractivity contribution is -0.144. The zero-order valence-corrected chi connectivity index (χ0v) is 12.0. The molecule has 1 amide bonds. The first kappa shape index (κ1) is 15.3. The maximum Gasteiger partial charge on any atom is 0.326 e. The Kier molecular flexibility index (Phi) is 5.99. The van der Waals surface area contributed by atoms with E-state index in [-0.39, 0.29) is 11.3 Å². The second kappa shape index (κ2) is 7.02. The zero-order valence-electron chi connectivity index (χ0n) is 11.2. The SMILES string of the molecule is CCC1(C(=O)N[C@@H](CCSC)C(=O)O)CCCC1. The van der Waals surface area contributed by atoms with Gasteiger partial charge in [-0.1, -0.05) is 19.8 Å². The summed E-state index contributed by atoms with van der Waals surface area (Å²) in [5.74, 6) is -0.242. The van der Waals surface area contributed by atoms with Crippen LogP contribution in [0.25, 0.3) is 0 Å². The summed E-state index contributed by atoms with van der Waals surface area (Å²) in [6.45, 7) is 2.02. The molecule has 1 fully saturated rings. The topological polar surface area (TPSA) is 66.4 Å². The first-order valence-corrected chi connectivity index (χ1v) is 7.98. The number of amides is 1. The van der Waals surface area contributed by atoms with Crippen molar-refractivity contribution in [1.29, 1.82) is 0 Å². The lowest BCUT2D eigenvalue weighted by Gasteiger charge is -2.28. The Morgan fingerprint density at radius 1 is 1.39 bits per heavy atom. The Morgan fingerprint density at radius 3 is 2.44 bits per heavy atom. The molecule has 1 aliphatic carbocycles. The van der Waals surface area contributed by atoms with Crippen LogP contribution in [0.5, 0.6) is 0 Å². The molecule has 18 heavy (non-hydrogen) atoms. The van der Waals surface area contributed by atoms with E-state index in [0.717, 1.165) is 37.9 Å². The number of thioether (sulfide) groups is 1. The Morgan fingerprint density at radius 2 is 2.00 bits per heavy atom. The van der Waals surface area contributed by atoms with Gasteiger partial charge in [0.25, 0.3) is 0 Å². The Hall–Kier alpha value is -0.710. The van der Waals surface area contributed by atoms with Gasteiger partial charge in [0, 0.05) is 5.41 Å². The predicted octanol–water partition coefficient (Wildman–Crippen LogP) is 2.28. The van der Waals surface area contributed by atoms with Gasteiger partial charge >= 0.3 is 5.97 Å². The van der Waals surface area contributed by atoms with E-state index in [0.29, 0.717) is 6.42 Å². The van der Waals surface area contributed by atoms with Gasteiger partial charge in [-0.15, -0.1) is 0 Å². The lowest BCUT2D eigenvalue weighted by atomic mass is 9.82. The monoisotopic (exact) mass is 273 g/mol. The quantitative estimate of drug-likeness (QED) is 0.747. The molecule has 5 heteroatoms. The minimum Gasteiger partial charge on any atom is -0.480 e. The number of aliphatic carboxylic acids is 1. The smallest absolute Gasteiger partial charge is 0.326 e. The maximum absolute atomic E-state index is 12.3. The molecule has 0 bridgehead atoms. The second-order valence-corrected chi connectivity index (χ2v) is 5.97. The van der Waals surface area contributed by atoms with Crippen molar-refractivity contribution >= 4 is 23.6 Å². The van der Waals surface area contributed by atoms with Crippen LogP contribution < -0.4 is 5.32 Å². The van der Waals surface area contributed by atoms with E-state index in [4.69, 9.17) is 5.11 Å². The van der Waals surface area contributed by atoms with Crippen molar-refractivity contribution in [3.8, 4) is 0 Å². The summed E-state index contributed by atoms with van der Waals surface area (Å²) in [4.78, 5) is 23.4. The molecule has 0 radical (unpaired) electrons. The normalized spacial score (nSPS) is 19.4. The maximum atomic E-state index is 12.3. The standard InChI is InChI=1S/C13H23NO3S/c1-3-13(7-4-5-8-13)12(17)14-10(11(15)16)6-9-18-2/h10H,3-9H2,1-2H3,(H,14,17)(H,15,16)/t10-/m0/s1. The second-order valence-electron chi connectivity index (χ2n) is 4.99. The number of carboxylic acid groups (broad SMARTS) is 1. The van der Waals surface area contributed by atoms with Crippen LogP contribution in [0.15, 0.2) is 0 Å². The molecule has 1 atom stereocenters. The fourth-order valence-electron chi connectivity index (χ4n) is 2.60. The Balaban J connectivity index is 2.62. The van der Waals surface area contributed by atoms with Crippen LogP contribution in [-0.2, 0) is 9.59 Å². The van der Waals surface area contributed by atoms with E-state index in [1.54, 1.807) is 11.8 Å². The average Bonchev–Trinajstić information content (AvgIpc) is 2.83. The predicted molar refractivity (Wildman–Crippen MR) is 73.8 cm³/mol. The van der Waals surface area contributed by atoms with Gasteiger partial charge in [-0.3, -0.25) is 4.79 Å². The minimum atomic E-state index is -0.929. The van der Waals surface area contributed by atoms with Crippen molar-refractivity contribution in [1.82, 2.24) is 5.32 Å². The van der Waals surface area contributed by atoms with E-state index in [2.05, 4.69) is 5.32 Å². The van der Waals surface area contributed by atoms with Gasteiger partial charge in [0.15, 0.2) is 0 Å². The van der Waals surface area contributed by atoms with Crippen LogP contribution in [0.2, 0.25) is 0 Å². The summed E-state index contributed by atoms with van der Waals surface area (Å²) in [7, 11) is 0. The Bertz CT molecular complexity index is 301. The van der Waals surface area contributed by atoms with Crippen molar-refractivity contribution in [2.75, 3.05) is 12.0 Å². The molecule has 0 aromatic carbocycles. The molecule has 2 N–H and O–H groups in total. The van der Waals surface area contributed by atoms with Gasteiger partial charge in [0.1, 0.15) is 6.04 Å². The highest BCUT2D eigenvalue weighted by Crippen LogP contribution is 2.41. The molecule has 0 spiro atoms. The third kappa shape index (κ3) is 3.64. The van der Waals surface area contributed by atoms with Gasteiger partial charge in [0.05, 0.1) is 0 Å². The molecule has 1 aliphatic rings. The van der Waals surface area contributed by atoms with Crippen LogP contribution in [0.3, 0.4) is 0 Å². The van der Waals surface area contributed by atoms with E-state index in [1.807, 2.05) is 13.2 Å². The van der Waals surface area contributed by atoms with Gasteiger partial charge in [-0.2, -0.15) is 11.8 Å². The minimum absolute atomic E-state index is 0.0593. The molecule has 1 saturated carbocycles. The molecule has 0 unspecified atom stereocenters. The molecule has 0 saturated heterocycles.